The lowest BCUT2D eigenvalue weighted by molar-refractivity contribution is 0.123. The maximum atomic E-state index is 12.3. The third-order valence-electron chi connectivity index (χ3n) is 3.78. The number of benzene rings is 1. The smallest absolute Gasteiger partial charge is 0.253 e. The topological polar surface area (TPSA) is 60.5 Å². The van der Waals surface area contributed by atoms with Crippen LogP contribution < -0.4 is 16.2 Å². The molecule has 20 heavy (non-hydrogen) atoms. The molecule has 3 rings (SSSR count). The van der Waals surface area contributed by atoms with Gasteiger partial charge in [-0.2, -0.15) is 0 Å². The summed E-state index contributed by atoms with van der Waals surface area (Å²) in [5, 5.41) is 1.04. The molecule has 2 N–H and O–H groups in total. The first-order chi connectivity index (χ1) is 9.70. The van der Waals surface area contributed by atoms with Gasteiger partial charge in [-0.1, -0.05) is 0 Å². The molecule has 0 spiro atoms. The lowest BCUT2D eigenvalue weighted by atomic mass is 10.1. The number of anilines is 2. The van der Waals surface area contributed by atoms with E-state index in [4.69, 9.17) is 10.5 Å². The molecule has 1 aromatic heterocycles. The number of nitrogens with two attached hydrogens (primary N) is 1. The minimum atomic E-state index is 0.0336. The number of morpholine rings is 1. The Morgan fingerprint density at radius 1 is 1.25 bits per heavy atom. The molecule has 0 atom stereocenters. The lowest BCUT2D eigenvalue weighted by Crippen LogP contribution is -2.37. The van der Waals surface area contributed by atoms with Gasteiger partial charge >= 0.3 is 0 Å². The highest BCUT2D eigenvalue weighted by Crippen LogP contribution is 2.27. The van der Waals surface area contributed by atoms with E-state index in [9.17, 15) is 4.79 Å². The second-order valence-electron chi connectivity index (χ2n) is 4.99. The van der Waals surface area contributed by atoms with Gasteiger partial charge in [0.1, 0.15) is 0 Å². The van der Waals surface area contributed by atoms with Crippen molar-refractivity contribution in [3.05, 3.63) is 34.6 Å². The average molecular weight is 273 g/mol. The van der Waals surface area contributed by atoms with Crippen LogP contribution in [-0.2, 0) is 11.3 Å². The molecule has 0 bridgehead atoms. The predicted octanol–water partition coefficient (Wildman–Crippen LogP) is 1.44. The molecule has 5 heteroatoms. The number of fused-ring (bicyclic) bond motifs is 1. The summed E-state index contributed by atoms with van der Waals surface area (Å²) in [6, 6.07) is 7.44. The minimum absolute atomic E-state index is 0.0336. The van der Waals surface area contributed by atoms with Gasteiger partial charge in [-0.3, -0.25) is 4.79 Å². The number of nitrogens with zero attached hydrogens (tertiary/aromatic N) is 2. The number of hydrogen-bond donors (Lipinski definition) is 1. The Morgan fingerprint density at radius 3 is 2.70 bits per heavy atom. The molecule has 1 aromatic carbocycles. The van der Waals surface area contributed by atoms with E-state index in [1.54, 1.807) is 10.6 Å². The van der Waals surface area contributed by atoms with Gasteiger partial charge in [-0.05, 0) is 25.1 Å². The first-order valence-corrected chi connectivity index (χ1v) is 6.96. The third kappa shape index (κ3) is 2.14. The van der Waals surface area contributed by atoms with Crippen molar-refractivity contribution in [2.45, 2.75) is 13.5 Å². The highest BCUT2D eigenvalue weighted by molar-refractivity contribution is 5.94. The Bertz CT molecular complexity index is 687. The van der Waals surface area contributed by atoms with E-state index in [2.05, 4.69) is 4.90 Å². The second kappa shape index (κ2) is 5.17. The molecule has 2 heterocycles. The van der Waals surface area contributed by atoms with Crippen LogP contribution in [0.25, 0.3) is 10.9 Å². The highest BCUT2D eigenvalue weighted by Gasteiger charge is 2.16. The zero-order valence-corrected chi connectivity index (χ0v) is 11.6. The number of rotatable bonds is 2. The first-order valence-electron chi connectivity index (χ1n) is 6.96. The highest BCUT2D eigenvalue weighted by atomic mass is 16.5. The van der Waals surface area contributed by atoms with E-state index >= 15 is 0 Å². The normalized spacial score (nSPS) is 15.8. The molecule has 1 aliphatic rings. The van der Waals surface area contributed by atoms with Crippen molar-refractivity contribution in [1.82, 2.24) is 4.57 Å². The maximum Gasteiger partial charge on any atom is 0.253 e. The van der Waals surface area contributed by atoms with Crippen LogP contribution >= 0.6 is 0 Å². The Kier molecular flexibility index (Phi) is 3.36. The fraction of sp³-hybridized carbons (Fsp3) is 0.400. The summed E-state index contributed by atoms with van der Waals surface area (Å²) in [6.45, 7) is 5.63. The van der Waals surface area contributed by atoms with Crippen molar-refractivity contribution < 1.29 is 4.74 Å². The van der Waals surface area contributed by atoms with Crippen LogP contribution in [0.5, 0.6) is 0 Å². The molecule has 5 nitrogen and oxygen atoms in total. The molecule has 1 saturated heterocycles. The van der Waals surface area contributed by atoms with Gasteiger partial charge in [0, 0.05) is 36.8 Å². The Morgan fingerprint density at radius 2 is 2.00 bits per heavy atom. The van der Waals surface area contributed by atoms with Crippen LogP contribution in [-0.4, -0.2) is 30.9 Å². The second-order valence-corrected chi connectivity index (χ2v) is 4.99. The van der Waals surface area contributed by atoms with E-state index in [1.165, 1.54) is 0 Å². The predicted molar refractivity (Wildman–Crippen MR) is 81.3 cm³/mol. The molecule has 0 unspecified atom stereocenters. The largest absolute Gasteiger partial charge is 0.399 e. The molecular weight excluding hydrogens is 254 g/mol. The molecule has 0 radical (unpaired) electrons. The van der Waals surface area contributed by atoms with Gasteiger partial charge in [-0.15, -0.1) is 0 Å². The molecule has 106 valence electrons. The van der Waals surface area contributed by atoms with Gasteiger partial charge in [0.25, 0.3) is 5.56 Å². The molecule has 1 fully saturated rings. The van der Waals surface area contributed by atoms with E-state index in [0.29, 0.717) is 25.4 Å². The first kappa shape index (κ1) is 13.0. The summed E-state index contributed by atoms with van der Waals surface area (Å²) in [4.78, 5) is 14.5. The summed E-state index contributed by atoms with van der Waals surface area (Å²) in [6.07, 6.45) is 0. The fourth-order valence-electron chi connectivity index (χ4n) is 2.78. The van der Waals surface area contributed by atoms with Crippen LogP contribution in [0.15, 0.2) is 29.1 Å². The van der Waals surface area contributed by atoms with E-state index < -0.39 is 0 Å². The van der Waals surface area contributed by atoms with Gasteiger partial charge in [-0.25, -0.2) is 0 Å². The van der Waals surface area contributed by atoms with Crippen LogP contribution in [0.4, 0.5) is 11.4 Å². The van der Waals surface area contributed by atoms with Crippen molar-refractivity contribution in [1.29, 1.82) is 0 Å². The van der Waals surface area contributed by atoms with Crippen LogP contribution in [0.1, 0.15) is 6.92 Å². The van der Waals surface area contributed by atoms with Crippen molar-refractivity contribution in [2.75, 3.05) is 36.9 Å². The molecule has 0 saturated carbocycles. The summed E-state index contributed by atoms with van der Waals surface area (Å²) in [5.41, 5.74) is 8.57. The van der Waals surface area contributed by atoms with Crippen LogP contribution in [0.3, 0.4) is 0 Å². The summed E-state index contributed by atoms with van der Waals surface area (Å²) < 4.78 is 7.16. The SMILES string of the molecule is CCn1c(=O)cc(N2CCOCC2)c2cc(N)ccc21. The van der Waals surface area contributed by atoms with Gasteiger partial charge in [0.15, 0.2) is 0 Å². The number of ether oxygens (including phenoxy) is 1. The summed E-state index contributed by atoms with van der Waals surface area (Å²) in [5.74, 6) is 0. The molecule has 2 aromatic rings. The quantitative estimate of drug-likeness (QED) is 0.841. The van der Waals surface area contributed by atoms with Crippen LogP contribution in [0.2, 0.25) is 0 Å². The maximum absolute atomic E-state index is 12.3. The van der Waals surface area contributed by atoms with Crippen molar-refractivity contribution in [3.8, 4) is 0 Å². The number of aromatic nitrogens is 1. The van der Waals surface area contributed by atoms with Gasteiger partial charge in [0.05, 0.1) is 24.4 Å². The zero-order valence-electron chi connectivity index (χ0n) is 11.6. The van der Waals surface area contributed by atoms with Crippen molar-refractivity contribution in [2.24, 2.45) is 0 Å². The molecular formula is C15H19N3O2. The minimum Gasteiger partial charge on any atom is -0.399 e. The number of pyridine rings is 1. The van der Waals surface area contributed by atoms with Crippen molar-refractivity contribution in [3.63, 3.8) is 0 Å². The molecule has 0 amide bonds. The Hall–Kier alpha value is -2.01. The zero-order chi connectivity index (χ0) is 14.1. The fourth-order valence-corrected chi connectivity index (χ4v) is 2.78. The van der Waals surface area contributed by atoms with E-state index in [1.807, 2.05) is 25.1 Å². The van der Waals surface area contributed by atoms with Crippen LogP contribution in [0, 0.1) is 0 Å². The number of hydrogen-bond acceptors (Lipinski definition) is 4. The van der Waals surface area contributed by atoms with Crippen molar-refractivity contribution >= 4 is 22.3 Å². The lowest BCUT2D eigenvalue weighted by Gasteiger charge is -2.30. The summed E-state index contributed by atoms with van der Waals surface area (Å²) in [7, 11) is 0. The Balaban J connectivity index is 2.25. The van der Waals surface area contributed by atoms with Gasteiger partial charge < -0.3 is 19.9 Å². The number of aryl methyl sites for hydroxylation is 1. The Labute approximate surface area is 117 Å². The standard InChI is InChI=1S/C15H19N3O2/c1-2-18-13-4-3-11(16)9-12(13)14(10-15(18)19)17-5-7-20-8-6-17/h3-4,9-10H,2,5-8,16H2,1H3. The average Bonchev–Trinajstić information content (AvgIpc) is 2.48. The monoisotopic (exact) mass is 273 g/mol. The number of nitrogen functional groups attached to an aromatic ring is 1. The summed E-state index contributed by atoms with van der Waals surface area (Å²) >= 11 is 0. The van der Waals surface area contributed by atoms with Gasteiger partial charge in [0.2, 0.25) is 0 Å². The third-order valence-corrected chi connectivity index (χ3v) is 3.78. The van der Waals surface area contributed by atoms with E-state index in [0.717, 1.165) is 29.7 Å². The molecule has 1 aliphatic heterocycles. The van der Waals surface area contributed by atoms with E-state index in [-0.39, 0.29) is 5.56 Å². The molecule has 0 aliphatic carbocycles.